The largest absolute Gasteiger partial charge is 0.497 e. The summed E-state index contributed by atoms with van der Waals surface area (Å²) in [5.41, 5.74) is 1.19. The fourth-order valence-electron chi connectivity index (χ4n) is 3.53. The lowest BCUT2D eigenvalue weighted by molar-refractivity contribution is -0.0718. The standard InChI is InChI=1S/C21H25NO4/c1-16(17-8-10-19(25-2)11-9-17)22-14-12-21(13-15-23,26-20(22)24)18-6-4-3-5-7-18/h3-11,16,23H,12-15H2,1-2H3/t16-,21?/m0/s1. The molecule has 2 aromatic rings. The number of carbonyl (C=O) groups excluding carboxylic acids is 1. The van der Waals surface area contributed by atoms with Crippen molar-refractivity contribution in [3.63, 3.8) is 0 Å². The average molecular weight is 355 g/mol. The van der Waals surface area contributed by atoms with E-state index in [9.17, 15) is 9.90 Å². The monoisotopic (exact) mass is 355 g/mol. The molecule has 0 bridgehead atoms. The van der Waals surface area contributed by atoms with Gasteiger partial charge in [0.1, 0.15) is 11.4 Å². The molecule has 0 spiro atoms. The van der Waals surface area contributed by atoms with E-state index in [4.69, 9.17) is 9.47 Å². The molecule has 0 saturated carbocycles. The summed E-state index contributed by atoms with van der Waals surface area (Å²) in [6.45, 7) is 2.53. The number of rotatable bonds is 6. The molecule has 1 aliphatic rings. The topological polar surface area (TPSA) is 59.0 Å². The van der Waals surface area contributed by atoms with E-state index in [-0.39, 0.29) is 18.7 Å². The van der Waals surface area contributed by atoms with Gasteiger partial charge in [-0.05, 0) is 30.2 Å². The van der Waals surface area contributed by atoms with Gasteiger partial charge >= 0.3 is 6.09 Å². The van der Waals surface area contributed by atoms with Crippen LogP contribution in [0.1, 0.15) is 36.9 Å². The van der Waals surface area contributed by atoms with Gasteiger partial charge in [0.05, 0.1) is 13.2 Å². The van der Waals surface area contributed by atoms with E-state index < -0.39 is 5.60 Å². The van der Waals surface area contributed by atoms with Gasteiger partial charge in [0.15, 0.2) is 0 Å². The Morgan fingerprint density at radius 1 is 1.19 bits per heavy atom. The molecular formula is C21H25NO4. The van der Waals surface area contributed by atoms with Crippen molar-refractivity contribution in [2.45, 2.75) is 31.4 Å². The second-order valence-electron chi connectivity index (χ2n) is 6.59. The maximum atomic E-state index is 12.8. The first-order chi connectivity index (χ1) is 12.6. The van der Waals surface area contributed by atoms with E-state index in [0.29, 0.717) is 19.4 Å². The Kier molecular flexibility index (Phi) is 5.47. The van der Waals surface area contributed by atoms with Gasteiger partial charge in [-0.3, -0.25) is 0 Å². The van der Waals surface area contributed by atoms with Crippen LogP contribution in [0.4, 0.5) is 4.79 Å². The van der Waals surface area contributed by atoms with Gasteiger partial charge in [0.25, 0.3) is 0 Å². The Morgan fingerprint density at radius 2 is 1.88 bits per heavy atom. The van der Waals surface area contributed by atoms with E-state index in [2.05, 4.69) is 0 Å². The summed E-state index contributed by atoms with van der Waals surface area (Å²) in [7, 11) is 1.63. The molecule has 0 aromatic heterocycles. The predicted molar refractivity (Wildman–Crippen MR) is 99.0 cm³/mol. The molecule has 1 saturated heterocycles. The Morgan fingerprint density at radius 3 is 2.46 bits per heavy atom. The van der Waals surface area contributed by atoms with E-state index in [1.807, 2.05) is 61.5 Å². The summed E-state index contributed by atoms with van der Waals surface area (Å²) >= 11 is 0. The third-order valence-corrected chi connectivity index (χ3v) is 5.15. The lowest BCUT2D eigenvalue weighted by Crippen LogP contribution is -2.49. The summed E-state index contributed by atoms with van der Waals surface area (Å²) in [5, 5.41) is 9.52. The highest BCUT2D eigenvalue weighted by Gasteiger charge is 2.43. The normalized spacial score (nSPS) is 21.2. The van der Waals surface area contributed by atoms with Crippen LogP contribution in [0.5, 0.6) is 5.75 Å². The number of cyclic esters (lactones) is 1. The first kappa shape index (κ1) is 18.3. The quantitative estimate of drug-likeness (QED) is 0.854. The average Bonchev–Trinajstić information content (AvgIpc) is 2.68. The molecular weight excluding hydrogens is 330 g/mol. The van der Waals surface area contributed by atoms with Crippen LogP contribution in [0.15, 0.2) is 54.6 Å². The smallest absolute Gasteiger partial charge is 0.411 e. The number of aliphatic hydroxyl groups excluding tert-OH is 1. The molecule has 1 heterocycles. The summed E-state index contributed by atoms with van der Waals surface area (Å²) in [6, 6.07) is 17.3. The Balaban J connectivity index is 1.79. The summed E-state index contributed by atoms with van der Waals surface area (Å²) in [4.78, 5) is 14.5. The molecule has 26 heavy (non-hydrogen) atoms. The number of ether oxygens (including phenoxy) is 2. The highest BCUT2D eigenvalue weighted by Crippen LogP contribution is 2.39. The summed E-state index contributed by atoms with van der Waals surface area (Å²) < 4.78 is 11.1. The minimum Gasteiger partial charge on any atom is -0.497 e. The Hall–Kier alpha value is -2.53. The lowest BCUT2D eigenvalue weighted by Gasteiger charge is -2.43. The van der Waals surface area contributed by atoms with E-state index in [0.717, 1.165) is 16.9 Å². The van der Waals surface area contributed by atoms with Gasteiger partial charge < -0.3 is 19.5 Å². The maximum Gasteiger partial charge on any atom is 0.411 e. The van der Waals surface area contributed by atoms with Crippen LogP contribution in [0.25, 0.3) is 0 Å². The SMILES string of the molecule is COc1ccc([C@H](C)N2CCC(CCO)(c3ccccc3)OC2=O)cc1. The van der Waals surface area contributed by atoms with Gasteiger partial charge in [-0.25, -0.2) is 4.79 Å². The van der Waals surface area contributed by atoms with Crippen LogP contribution in [-0.2, 0) is 10.3 Å². The number of aliphatic hydroxyl groups is 1. The van der Waals surface area contributed by atoms with Crippen molar-refractivity contribution >= 4 is 6.09 Å². The molecule has 1 fully saturated rings. The van der Waals surface area contributed by atoms with Crippen LogP contribution in [0, 0.1) is 0 Å². The first-order valence-electron chi connectivity index (χ1n) is 8.89. The van der Waals surface area contributed by atoms with Crippen LogP contribution < -0.4 is 4.74 Å². The fraction of sp³-hybridized carbons (Fsp3) is 0.381. The lowest BCUT2D eigenvalue weighted by atomic mass is 9.85. The number of hydrogen-bond donors (Lipinski definition) is 1. The van der Waals surface area contributed by atoms with Crippen molar-refractivity contribution < 1.29 is 19.4 Å². The molecule has 5 nitrogen and oxygen atoms in total. The van der Waals surface area contributed by atoms with Crippen LogP contribution in [0.3, 0.4) is 0 Å². The Labute approximate surface area is 154 Å². The van der Waals surface area contributed by atoms with Crippen molar-refractivity contribution in [3.8, 4) is 5.75 Å². The van der Waals surface area contributed by atoms with Crippen LogP contribution in [0.2, 0.25) is 0 Å². The molecule has 2 aromatic carbocycles. The van der Waals surface area contributed by atoms with E-state index >= 15 is 0 Å². The maximum absolute atomic E-state index is 12.8. The van der Waals surface area contributed by atoms with Gasteiger partial charge in [0.2, 0.25) is 0 Å². The number of nitrogens with zero attached hydrogens (tertiary/aromatic N) is 1. The van der Waals surface area contributed by atoms with E-state index in [1.54, 1.807) is 12.0 Å². The zero-order chi connectivity index (χ0) is 18.6. The number of amides is 1. The summed E-state index contributed by atoms with van der Waals surface area (Å²) in [6.07, 6.45) is 0.689. The molecule has 1 aliphatic heterocycles. The third kappa shape index (κ3) is 3.53. The molecule has 1 N–H and O–H groups in total. The fourth-order valence-corrected chi connectivity index (χ4v) is 3.53. The zero-order valence-corrected chi connectivity index (χ0v) is 15.2. The van der Waals surface area contributed by atoms with Crippen molar-refractivity contribution in [2.75, 3.05) is 20.3 Å². The summed E-state index contributed by atoms with van der Waals surface area (Å²) in [5.74, 6) is 0.785. The molecule has 2 atom stereocenters. The molecule has 3 rings (SSSR count). The number of hydrogen-bond acceptors (Lipinski definition) is 4. The highest BCUT2D eigenvalue weighted by molar-refractivity contribution is 5.70. The molecule has 0 radical (unpaired) electrons. The second kappa shape index (κ2) is 7.79. The minimum absolute atomic E-state index is 0.0315. The third-order valence-electron chi connectivity index (χ3n) is 5.15. The molecule has 0 aliphatic carbocycles. The van der Waals surface area contributed by atoms with Gasteiger partial charge in [-0.2, -0.15) is 0 Å². The van der Waals surface area contributed by atoms with Crippen molar-refractivity contribution in [1.82, 2.24) is 4.90 Å². The van der Waals surface area contributed by atoms with Gasteiger partial charge in [-0.15, -0.1) is 0 Å². The molecule has 1 unspecified atom stereocenters. The molecule has 1 amide bonds. The van der Waals surface area contributed by atoms with Crippen LogP contribution in [-0.4, -0.2) is 36.4 Å². The second-order valence-corrected chi connectivity index (χ2v) is 6.59. The predicted octanol–water partition coefficient (Wildman–Crippen LogP) is 3.88. The number of methoxy groups -OCH3 is 1. The van der Waals surface area contributed by atoms with Crippen molar-refractivity contribution in [1.29, 1.82) is 0 Å². The zero-order valence-electron chi connectivity index (χ0n) is 15.2. The number of carbonyl (C=O) groups is 1. The van der Waals surface area contributed by atoms with Crippen molar-refractivity contribution in [2.24, 2.45) is 0 Å². The van der Waals surface area contributed by atoms with Gasteiger partial charge in [-0.1, -0.05) is 42.5 Å². The highest BCUT2D eigenvalue weighted by atomic mass is 16.6. The van der Waals surface area contributed by atoms with E-state index in [1.165, 1.54) is 0 Å². The van der Waals surface area contributed by atoms with Crippen LogP contribution >= 0.6 is 0 Å². The van der Waals surface area contributed by atoms with Crippen molar-refractivity contribution in [3.05, 3.63) is 65.7 Å². The first-order valence-corrected chi connectivity index (χ1v) is 8.89. The molecule has 138 valence electrons. The van der Waals surface area contributed by atoms with Gasteiger partial charge in [0, 0.05) is 26.0 Å². The minimum atomic E-state index is -0.761. The Bertz CT molecular complexity index is 731. The molecule has 5 heteroatoms. The number of benzene rings is 2.